The van der Waals surface area contributed by atoms with E-state index in [-0.39, 0.29) is 18.4 Å². The monoisotopic (exact) mass is 487 g/mol. The second-order valence-corrected chi connectivity index (χ2v) is 8.85. The van der Waals surface area contributed by atoms with Crippen LogP contribution in [0.3, 0.4) is 0 Å². The summed E-state index contributed by atoms with van der Waals surface area (Å²) in [6, 6.07) is 22.3. The minimum Gasteiger partial charge on any atom is -0.497 e. The zero-order chi connectivity index (χ0) is 24.9. The first-order chi connectivity index (χ1) is 17.6. The number of amides is 2. The molecule has 3 aromatic rings. The maximum atomic E-state index is 13.0. The molecule has 2 amide bonds. The summed E-state index contributed by atoms with van der Waals surface area (Å²) in [5.41, 5.74) is 2.43. The molecule has 8 heteroatoms. The molecule has 0 aliphatic carbocycles. The van der Waals surface area contributed by atoms with E-state index in [0.29, 0.717) is 35.8 Å². The van der Waals surface area contributed by atoms with Gasteiger partial charge in [-0.3, -0.25) is 14.5 Å². The lowest BCUT2D eigenvalue weighted by atomic mass is 10.1. The number of ether oxygens (including phenoxy) is 3. The van der Waals surface area contributed by atoms with Gasteiger partial charge in [0, 0.05) is 44.0 Å². The largest absolute Gasteiger partial charge is 0.497 e. The van der Waals surface area contributed by atoms with Gasteiger partial charge < -0.3 is 24.4 Å². The number of fused-ring (bicyclic) bond motifs is 1. The van der Waals surface area contributed by atoms with Crippen LogP contribution in [0.2, 0.25) is 0 Å². The molecule has 3 aromatic carbocycles. The maximum absolute atomic E-state index is 13.0. The van der Waals surface area contributed by atoms with E-state index in [0.717, 1.165) is 30.9 Å². The molecule has 1 fully saturated rings. The number of piperazine rings is 1. The fraction of sp³-hybridized carbons (Fsp3) is 0.286. The summed E-state index contributed by atoms with van der Waals surface area (Å²) in [5, 5.41) is 2.90. The number of hydrogen-bond donors (Lipinski definition) is 1. The molecule has 2 heterocycles. The highest BCUT2D eigenvalue weighted by atomic mass is 16.6. The second-order valence-electron chi connectivity index (χ2n) is 8.85. The Kier molecular flexibility index (Phi) is 7.04. The van der Waals surface area contributed by atoms with E-state index in [1.165, 1.54) is 0 Å². The van der Waals surface area contributed by atoms with Gasteiger partial charge in [0.05, 0.1) is 7.11 Å². The first-order valence-electron chi connectivity index (χ1n) is 12.0. The van der Waals surface area contributed by atoms with E-state index in [4.69, 9.17) is 14.2 Å². The second kappa shape index (κ2) is 10.7. The highest BCUT2D eigenvalue weighted by Crippen LogP contribution is 2.31. The lowest BCUT2D eigenvalue weighted by Crippen LogP contribution is -2.53. The van der Waals surface area contributed by atoms with Crippen LogP contribution in [0.25, 0.3) is 0 Å². The molecular weight excluding hydrogens is 458 g/mol. The Hall–Kier alpha value is -4.04. The topological polar surface area (TPSA) is 80.3 Å². The third-order valence-corrected chi connectivity index (χ3v) is 6.44. The highest BCUT2D eigenvalue weighted by Gasteiger charge is 2.32. The predicted molar refractivity (Wildman–Crippen MR) is 136 cm³/mol. The smallest absolute Gasteiger partial charge is 0.267 e. The van der Waals surface area contributed by atoms with Crippen LogP contribution >= 0.6 is 0 Å². The number of rotatable bonds is 6. The van der Waals surface area contributed by atoms with Gasteiger partial charge in [-0.25, -0.2) is 0 Å². The van der Waals surface area contributed by atoms with E-state index >= 15 is 0 Å². The van der Waals surface area contributed by atoms with Gasteiger partial charge in [-0.15, -0.1) is 0 Å². The number of nitrogens with zero attached hydrogens (tertiary/aromatic N) is 2. The summed E-state index contributed by atoms with van der Waals surface area (Å²) in [6.07, 6.45) is -0.608. The van der Waals surface area contributed by atoms with Gasteiger partial charge >= 0.3 is 0 Å². The number of benzene rings is 3. The summed E-state index contributed by atoms with van der Waals surface area (Å²) in [6.45, 7) is 3.82. The van der Waals surface area contributed by atoms with E-state index in [2.05, 4.69) is 10.2 Å². The first-order valence-corrected chi connectivity index (χ1v) is 12.0. The Labute approximate surface area is 210 Å². The van der Waals surface area contributed by atoms with Crippen LogP contribution in [0, 0.1) is 0 Å². The Morgan fingerprint density at radius 2 is 1.61 bits per heavy atom. The van der Waals surface area contributed by atoms with Crippen molar-refractivity contribution in [3.8, 4) is 17.2 Å². The molecule has 2 aliphatic heterocycles. The number of anilines is 1. The fourth-order valence-corrected chi connectivity index (χ4v) is 4.37. The average molecular weight is 488 g/mol. The van der Waals surface area contributed by atoms with Crippen LogP contribution in [-0.4, -0.2) is 67.6 Å². The average Bonchev–Trinajstić information content (AvgIpc) is 2.93. The van der Waals surface area contributed by atoms with Crippen molar-refractivity contribution in [2.75, 3.05) is 45.2 Å². The molecule has 0 bridgehead atoms. The molecule has 1 atom stereocenters. The van der Waals surface area contributed by atoms with Crippen molar-refractivity contribution in [1.82, 2.24) is 9.80 Å². The molecular formula is C28H29N3O5. The van der Waals surface area contributed by atoms with E-state index in [9.17, 15) is 9.59 Å². The summed E-state index contributed by atoms with van der Waals surface area (Å²) < 4.78 is 16.7. The molecule has 5 rings (SSSR count). The minimum absolute atomic E-state index is 0.0311. The zero-order valence-electron chi connectivity index (χ0n) is 20.2. The SMILES string of the molecule is COc1ccc(NC(=O)c2ccc(CN3CCN(C(=O)[C@H]4COc5ccccc5O4)CC3)cc2)cc1. The Bertz CT molecular complexity index is 1200. The Morgan fingerprint density at radius 3 is 2.31 bits per heavy atom. The third kappa shape index (κ3) is 5.44. The highest BCUT2D eigenvalue weighted by molar-refractivity contribution is 6.04. The molecule has 1 saturated heterocycles. The summed E-state index contributed by atoms with van der Waals surface area (Å²) >= 11 is 0. The van der Waals surface area contributed by atoms with E-state index in [1.54, 1.807) is 19.2 Å². The minimum atomic E-state index is -0.608. The standard InChI is InChI=1S/C28H29N3O5/c1-34-23-12-10-22(11-13-23)29-27(32)21-8-6-20(7-9-21)18-30-14-16-31(17-15-30)28(33)26-19-35-24-4-2-3-5-25(24)36-26/h2-13,26H,14-19H2,1H3,(H,29,32)/t26-/m1/s1. The van der Waals surface area contributed by atoms with Crippen molar-refractivity contribution < 1.29 is 23.8 Å². The van der Waals surface area contributed by atoms with Crippen LogP contribution < -0.4 is 19.5 Å². The number of carbonyl (C=O) groups excluding carboxylic acids is 2. The summed E-state index contributed by atoms with van der Waals surface area (Å²) in [7, 11) is 1.61. The van der Waals surface area contributed by atoms with Crippen molar-refractivity contribution in [2.45, 2.75) is 12.6 Å². The molecule has 0 unspecified atom stereocenters. The number of hydrogen-bond acceptors (Lipinski definition) is 6. The molecule has 1 N–H and O–H groups in total. The van der Waals surface area contributed by atoms with Crippen molar-refractivity contribution in [3.05, 3.63) is 83.9 Å². The lowest BCUT2D eigenvalue weighted by molar-refractivity contribution is -0.143. The third-order valence-electron chi connectivity index (χ3n) is 6.44. The molecule has 0 spiro atoms. The van der Waals surface area contributed by atoms with Crippen LogP contribution in [0.4, 0.5) is 5.69 Å². The quantitative estimate of drug-likeness (QED) is 0.574. The molecule has 0 saturated carbocycles. The lowest BCUT2D eigenvalue weighted by Gasteiger charge is -2.37. The van der Waals surface area contributed by atoms with Crippen molar-refractivity contribution in [3.63, 3.8) is 0 Å². The molecule has 8 nitrogen and oxygen atoms in total. The van der Waals surface area contributed by atoms with Crippen molar-refractivity contribution in [1.29, 1.82) is 0 Å². The number of nitrogens with one attached hydrogen (secondary N) is 1. The number of para-hydroxylation sites is 2. The Morgan fingerprint density at radius 1 is 0.917 bits per heavy atom. The zero-order valence-corrected chi connectivity index (χ0v) is 20.2. The molecule has 186 valence electrons. The first kappa shape index (κ1) is 23.7. The van der Waals surface area contributed by atoms with Gasteiger partial charge in [0.2, 0.25) is 6.10 Å². The molecule has 2 aliphatic rings. The maximum Gasteiger partial charge on any atom is 0.267 e. The van der Waals surface area contributed by atoms with Gasteiger partial charge in [0.1, 0.15) is 12.4 Å². The number of carbonyl (C=O) groups is 2. The summed E-state index contributed by atoms with van der Waals surface area (Å²) in [5.74, 6) is 1.84. The number of methoxy groups -OCH3 is 1. The van der Waals surface area contributed by atoms with Gasteiger partial charge in [0.25, 0.3) is 11.8 Å². The van der Waals surface area contributed by atoms with Gasteiger partial charge in [-0.1, -0.05) is 24.3 Å². The predicted octanol–water partition coefficient (Wildman–Crippen LogP) is 3.43. The van der Waals surface area contributed by atoms with Crippen LogP contribution in [0.1, 0.15) is 15.9 Å². The van der Waals surface area contributed by atoms with Gasteiger partial charge in [-0.2, -0.15) is 0 Å². The van der Waals surface area contributed by atoms with Gasteiger partial charge in [-0.05, 0) is 54.1 Å². The molecule has 0 aromatic heterocycles. The van der Waals surface area contributed by atoms with Gasteiger partial charge in [0.15, 0.2) is 11.5 Å². The van der Waals surface area contributed by atoms with Crippen LogP contribution in [-0.2, 0) is 11.3 Å². The van der Waals surface area contributed by atoms with Crippen LogP contribution in [0.5, 0.6) is 17.2 Å². The van der Waals surface area contributed by atoms with Crippen LogP contribution in [0.15, 0.2) is 72.8 Å². The van der Waals surface area contributed by atoms with Crippen molar-refractivity contribution >= 4 is 17.5 Å². The Balaban J connectivity index is 1.09. The molecule has 0 radical (unpaired) electrons. The van der Waals surface area contributed by atoms with E-state index < -0.39 is 6.10 Å². The fourth-order valence-electron chi connectivity index (χ4n) is 4.37. The normalized spacial score (nSPS) is 17.4. The molecule has 36 heavy (non-hydrogen) atoms. The summed E-state index contributed by atoms with van der Waals surface area (Å²) in [4.78, 5) is 29.7. The van der Waals surface area contributed by atoms with E-state index in [1.807, 2.05) is 65.6 Å². The van der Waals surface area contributed by atoms with Crippen molar-refractivity contribution in [2.24, 2.45) is 0 Å².